The zero-order valence-corrected chi connectivity index (χ0v) is 25.8. The average molecular weight is 725 g/mol. The number of fused-ring (bicyclic) bond motifs is 3. The molecule has 4 heteroatoms. The molecular formula is C38H32IrN2O-2. The van der Waals surface area contributed by atoms with Crippen LogP contribution >= 0.6 is 0 Å². The number of hydrogen-bond donors (Lipinski definition) is 0. The first-order valence-corrected chi connectivity index (χ1v) is 14.9. The summed E-state index contributed by atoms with van der Waals surface area (Å²) in [5.74, 6) is 2.79. The van der Waals surface area contributed by atoms with Crippen molar-refractivity contribution in [3.8, 4) is 22.5 Å². The zero-order valence-electron chi connectivity index (χ0n) is 23.4. The third kappa shape index (κ3) is 4.81. The van der Waals surface area contributed by atoms with E-state index in [0.29, 0.717) is 5.41 Å². The minimum atomic E-state index is 0. The van der Waals surface area contributed by atoms with E-state index in [1.807, 2.05) is 72.9 Å². The van der Waals surface area contributed by atoms with Gasteiger partial charge >= 0.3 is 0 Å². The van der Waals surface area contributed by atoms with Gasteiger partial charge in [-0.15, -0.1) is 54.1 Å². The van der Waals surface area contributed by atoms with E-state index in [2.05, 4.69) is 46.4 Å². The monoisotopic (exact) mass is 725 g/mol. The Morgan fingerprint density at radius 1 is 0.619 bits per heavy atom. The predicted molar refractivity (Wildman–Crippen MR) is 164 cm³/mol. The fourth-order valence-electron chi connectivity index (χ4n) is 8.40. The molecule has 4 aliphatic carbocycles. The number of para-hydroxylation sites is 1. The van der Waals surface area contributed by atoms with Gasteiger partial charge in [0.2, 0.25) is 0 Å². The average Bonchev–Trinajstić information content (AvgIpc) is 3.41. The topological polar surface area (TPSA) is 38.9 Å². The van der Waals surface area contributed by atoms with Crippen LogP contribution in [-0.2, 0) is 25.5 Å². The third-order valence-electron chi connectivity index (χ3n) is 9.64. The van der Waals surface area contributed by atoms with E-state index in [1.54, 1.807) is 6.20 Å². The van der Waals surface area contributed by atoms with Gasteiger partial charge in [0.15, 0.2) is 0 Å². The summed E-state index contributed by atoms with van der Waals surface area (Å²) in [7, 11) is 0. The standard InChI is InChI=1S/C27H24NO.C11H8N.Ir/c1-2-10-28-24(9-1)22-7-3-5-20-21-6-4-8-23(26(21)29-25(20)22)27-14-17-11-18(15-27)13-19(12-17)16-27;1-2-6-10(7-3-1)11-8-4-5-9-12-11;/h1-6,8-10,17-19H,11-16H2;1-6,8-9H;/q2*-1;. The normalized spacial score (nSPS) is 23.8. The molecule has 0 unspecified atom stereocenters. The van der Waals surface area contributed by atoms with Crippen LogP contribution in [0, 0.1) is 29.9 Å². The van der Waals surface area contributed by atoms with Crippen LogP contribution in [0.2, 0.25) is 0 Å². The molecule has 42 heavy (non-hydrogen) atoms. The summed E-state index contributed by atoms with van der Waals surface area (Å²) in [5.41, 5.74) is 7.74. The first-order chi connectivity index (χ1) is 20.3. The van der Waals surface area contributed by atoms with Crippen molar-refractivity contribution in [1.82, 2.24) is 9.97 Å². The molecule has 4 fully saturated rings. The zero-order chi connectivity index (χ0) is 27.2. The van der Waals surface area contributed by atoms with Gasteiger partial charge in [0.05, 0.1) is 5.58 Å². The van der Waals surface area contributed by atoms with E-state index in [0.717, 1.165) is 51.4 Å². The van der Waals surface area contributed by atoms with Crippen LogP contribution in [0.3, 0.4) is 0 Å². The fraction of sp³-hybridized carbons (Fsp3) is 0.263. The van der Waals surface area contributed by atoms with Crippen molar-refractivity contribution in [2.45, 2.75) is 43.9 Å². The molecule has 211 valence electrons. The largest absolute Gasteiger partial charge is 0.500 e. The number of rotatable bonds is 3. The maximum atomic E-state index is 6.69. The van der Waals surface area contributed by atoms with E-state index in [1.165, 1.54) is 54.9 Å². The molecule has 10 rings (SSSR count). The predicted octanol–water partition coefficient (Wildman–Crippen LogP) is 9.46. The molecule has 4 saturated carbocycles. The summed E-state index contributed by atoms with van der Waals surface area (Å²) in [4.78, 5) is 8.77. The van der Waals surface area contributed by atoms with E-state index >= 15 is 0 Å². The van der Waals surface area contributed by atoms with E-state index in [9.17, 15) is 0 Å². The molecule has 0 atom stereocenters. The molecule has 4 aliphatic rings. The number of furan rings is 1. The number of nitrogens with zero attached hydrogens (tertiary/aromatic N) is 2. The molecule has 3 aromatic heterocycles. The van der Waals surface area contributed by atoms with Gasteiger partial charge in [-0.2, -0.15) is 0 Å². The molecule has 1 radical (unpaired) electrons. The van der Waals surface area contributed by atoms with Crippen molar-refractivity contribution >= 4 is 21.9 Å². The van der Waals surface area contributed by atoms with Crippen molar-refractivity contribution in [3.63, 3.8) is 0 Å². The van der Waals surface area contributed by atoms with Crippen LogP contribution in [0.25, 0.3) is 44.5 Å². The number of benzene rings is 3. The molecule has 0 amide bonds. The van der Waals surface area contributed by atoms with E-state index < -0.39 is 0 Å². The maximum Gasteiger partial charge on any atom is 0.124 e. The number of pyridine rings is 2. The van der Waals surface area contributed by atoms with Crippen molar-refractivity contribution in [1.29, 1.82) is 0 Å². The van der Waals surface area contributed by atoms with Gasteiger partial charge in [-0.1, -0.05) is 53.4 Å². The molecule has 0 N–H and O–H groups in total. The summed E-state index contributed by atoms with van der Waals surface area (Å²) < 4.78 is 6.69. The summed E-state index contributed by atoms with van der Waals surface area (Å²) in [5, 5.41) is 2.44. The Balaban J connectivity index is 0.000000188. The van der Waals surface area contributed by atoms with E-state index in [4.69, 9.17) is 4.42 Å². The fourth-order valence-corrected chi connectivity index (χ4v) is 8.40. The minimum absolute atomic E-state index is 0. The first kappa shape index (κ1) is 27.3. The summed E-state index contributed by atoms with van der Waals surface area (Å²) >= 11 is 0. The van der Waals surface area contributed by atoms with Crippen LogP contribution in [-0.4, -0.2) is 9.97 Å². The molecule has 4 bridgehead atoms. The van der Waals surface area contributed by atoms with Crippen molar-refractivity contribution < 1.29 is 24.5 Å². The second-order valence-corrected chi connectivity index (χ2v) is 12.3. The van der Waals surface area contributed by atoms with Gasteiger partial charge in [0, 0.05) is 43.4 Å². The second-order valence-electron chi connectivity index (χ2n) is 12.3. The number of aromatic nitrogens is 2. The molecule has 3 aromatic carbocycles. The van der Waals surface area contributed by atoms with Crippen LogP contribution in [0.5, 0.6) is 0 Å². The van der Waals surface area contributed by atoms with Crippen molar-refractivity contribution in [2.24, 2.45) is 17.8 Å². The molecule has 3 heterocycles. The molecule has 0 spiro atoms. The molecular weight excluding hydrogens is 693 g/mol. The van der Waals surface area contributed by atoms with E-state index in [-0.39, 0.29) is 20.1 Å². The Morgan fingerprint density at radius 2 is 1.29 bits per heavy atom. The summed E-state index contributed by atoms with van der Waals surface area (Å²) in [6.45, 7) is 0. The molecule has 6 aromatic rings. The van der Waals surface area contributed by atoms with Crippen LogP contribution < -0.4 is 0 Å². The Kier molecular flexibility index (Phi) is 7.30. The third-order valence-corrected chi connectivity index (χ3v) is 9.64. The summed E-state index contributed by atoms with van der Waals surface area (Å²) in [6.07, 6.45) is 12.1. The SMILES string of the molecule is [Ir].[c-]1ccc2c(oc3c(C45CC6CC(CC(C6)C4)C5)cccc32)c1-c1ccccn1.[c-]1ccccc1-c1ccccn1. The van der Waals surface area contributed by atoms with Crippen LogP contribution in [0.1, 0.15) is 44.1 Å². The maximum absolute atomic E-state index is 6.69. The smallest absolute Gasteiger partial charge is 0.124 e. The first-order valence-electron chi connectivity index (χ1n) is 14.9. The van der Waals surface area contributed by atoms with Crippen molar-refractivity contribution in [2.75, 3.05) is 0 Å². The van der Waals surface area contributed by atoms with Gasteiger partial charge < -0.3 is 14.4 Å². The van der Waals surface area contributed by atoms with Crippen molar-refractivity contribution in [3.05, 3.63) is 121 Å². The van der Waals surface area contributed by atoms with Gasteiger partial charge in [0.1, 0.15) is 5.58 Å². The Bertz CT molecular complexity index is 1740. The van der Waals surface area contributed by atoms with Crippen LogP contribution in [0.4, 0.5) is 0 Å². The quantitative estimate of drug-likeness (QED) is 0.171. The molecule has 0 saturated heterocycles. The van der Waals surface area contributed by atoms with Gasteiger partial charge in [-0.25, -0.2) is 0 Å². The Hall–Kier alpha value is -3.59. The Labute approximate surface area is 260 Å². The Morgan fingerprint density at radius 3 is 1.93 bits per heavy atom. The number of hydrogen-bond acceptors (Lipinski definition) is 3. The molecule has 3 nitrogen and oxygen atoms in total. The summed E-state index contributed by atoms with van der Waals surface area (Å²) in [6, 6.07) is 37.2. The minimum Gasteiger partial charge on any atom is -0.500 e. The molecule has 0 aliphatic heterocycles. The second kappa shape index (κ2) is 11.2. The van der Waals surface area contributed by atoms with Gasteiger partial charge in [-0.05, 0) is 85.2 Å². The van der Waals surface area contributed by atoms with Crippen LogP contribution in [0.15, 0.2) is 108 Å². The van der Waals surface area contributed by atoms with Gasteiger partial charge in [0.25, 0.3) is 0 Å². The van der Waals surface area contributed by atoms with Gasteiger partial charge in [-0.3, -0.25) is 0 Å².